The van der Waals surface area contributed by atoms with E-state index < -0.39 is 0 Å². The molecule has 0 saturated heterocycles. The number of imidazole rings is 1. The van der Waals surface area contributed by atoms with Gasteiger partial charge in [0, 0.05) is 20.3 Å². The molecule has 1 rings (SSSR count). The maximum absolute atomic E-state index is 11.3. The summed E-state index contributed by atoms with van der Waals surface area (Å²) >= 11 is 5.65. The third-order valence-electron chi connectivity index (χ3n) is 1.74. The first kappa shape index (κ1) is 10.1. The van der Waals surface area contributed by atoms with Crippen molar-refractivity contribution in [3.63, 3.8) is 0 Å². The standard InChI is InChI=1S/C8H12ClN3O/c1-11(2)8(13)5-12-6-10-4-7(12)3-9/h4,6H,3,5H2,1-2H3. The van der Waals surface area contributed by atoms with Crippen LogP contribution in [0.25, 0.3) is 0 Å². The third kappa shape index (κ3) is 2.45. The summed E-state index contributed by atoms with van der Waals surface area (Å²) in [5, 5.41) is 0. The van der Waals surface area contributed by atoms with Gasteiger partial charge in [0.1, 0.15) is 6.54 Å². The van der Waals surface area contributed by atoms with E-state index in [1.165, 1.54) is 4.90 Å². The SMILES string of the molecule is CN(C)C(=O)Cn1cncc1CCl. The monoisotopic (exact) mass is 201 g/mol. The van der Waals surface area contributed by atoms with Crippen LogP contribution in [0.5, 0.6) is 0 Å². The Morgan fingerprint density at radius 1 is 1.69 bits per heavy atom. The lowest BCUT2D eigenvalue weighted by Crippen LogP contribution is -2.26. The highest BCUT2D eigenvalue weighted by Crippen LogP contribution is 2.03. The summed E-state index contributed by atoms with van der Waals surface area (Å²) in [6, 6.07) is 0. The maximum Gasteiger partial charge on any atom is 0.242 e. The van der Waals surface area contributed by atoms with Gasteiger partial charge in [-0.3, -0.25) is 4.79 Å². The minimum absolute atomic E-state index is 0.0318. The van der Waals surface area contributed by atoms with Gasteiger partial charge in [0.15, 0.2) is 0 Å². The summed E-state index contributed by atoms with van der Waals surface area (Å²) in [5.41, 5.74) is 0.858. The van der Waals surface area contributed by atoms with Crippen LogP contribution in [0.3, 0.4) is 0 Å². The van der Waals surface area contributed by atoms with Gasteiger partial charge in [-0.15, -0.1) is 11.6 Å². The topological polar surface area (TPSA) is 38.1 Å². The smallest absolute Gasteiger partial charge is 0.242 e. The molecule has 72 valence electrons. The number of alkyl halides is 1. The first-order valence-corrected chi connectivity index (χ1v) is 4.43. The Hall–Kier alpha value is -1.03. The van der Waals surface area contributed by atoms with E-state index in [1.807, 2.05) is 0 Å². The Labute approximate surface area is 82.1 Å². The molecule has 13 heavy (non-hydrogen) atoms. The van der Waals surface area contributed by atoms with Crippen LogP contribution in [-0.4, -0.2) is 34.5 Å². The zero-order valence-corrected chi connectivity index (χ0v) is 8.45. The summed E-state index contributed by atoms with van der Waals surface area (Å²) in [5.74, 6) is 0.408. The number of rotatable bonds is 3. The predicted octanol–water partition coefficient (Wildman–Crippen LogP) is 0.710. The van der Waals surface area contributed by atoms with Crippen molar-refractivity contribution in [2.75, 3.05) is 14.1 Å². The molecule has 0 spiro atoms. The van der Waals surface area contributed by atoms with Crippen LogP contribution in [-0.2, 0) is 17.2 Å². The molecule has 0 fully saturated rings. The number of carbonyl (C=O) groups excluding carboxylic acids is 1. The number of hydrogen-bond donors (Lipinski definition) is 0. The van der Waals surface area contributed by atoms with Crippen molar-refractivity contribution in [2.24, 2.45) is 0 Å². The van der Waals surface area contributed by atoms with E-state index in [4.69, 9.17) is 11.6 Å². The molecule has 0 aliphatic rings. The van der Waals surface area contributed by atoms with Crippen molar-refractivity contribution in [3.8, 4) is 0 Å². The van der Waals surface area contributed by atoms with Crippen LogP contribution in [0, 0.1) is 0 Å². The molecule has 1 heterocycles. The van der Waals surface area contributed by atoms with Crippen LogP contribution in [0.1, 0.15) is 5.69 Å². The lowest BCUT2D eigenvalue weighted by atomic mass is 10.5. The van der Waals surface area contributed by atoms with Crippen molar-refractivity contribution in [1.29, 1.82) is 0 Å². The second-order valence-corrected chi connectivity index (χ2v) is 3.20. The molecular formula is C8H12ClN3O. The molecule has 1 aromatic rings. The molecule has 1 aromatic heterocycles. The number of likely N-dealkylation sites (N-methyl/N-ethyl adjacent to an activating group) is 1. The second-order valence-electron chi connectivity index (χ2n) is 2.93. The molecule has 4 nitrogen and oxygen atoms in total. The summed E-state index contributed by atoms with van der Waals surface area (Å²) in [7, 11) is 3.44. The van der Waals surface area contributed by atoms with Gasteiger partial charge >= 0.3 is 0 Å². The third-order valence-corrected chi connectivity index (χ3v) is 2.01. The molecule has 0 aliphatic heterocycles. The first-order valence-electron chi connectivity index (χ1n) is 3.90. The largest absolute Gasteiger partial charge is 0.347 e. The molecule has 0 unspecified atom stereocenters. The van der Waals surface area contributed by atoms with Gasteiger partial charge in [0.05, 0.1) is 17.9 Å². The van der Waals surface area contributed by atoms with Gasteiger partial charge < -0.3 is 9.47 Å². The Morgan fingerprint density at radius 2 is 2.38 bits per heavy atom. The van der Waals surface area contributed by atoms with Crippen molar-refractivity contribution in [1.82, 2.24) is 14.5 Å². The highest BCUT2D eigenvalue weighted by Gasteiger charge is 2.07. The zero-order chi connectivity index (χ0) is 9.84. The van der Waals surface area contributed by atoms with Crippen LogP contribution < -0.4 is 0 Å². The van der Waals surface area contributed by atoms with E-state index in [2.05, 4.69) is 4.98 Å². The normalized spacial score (nSPS) is 10.1. The number of aromatic nitrogens is 2. The summed E-state index contributed by atoms with van der Waals surface area (Å²) in [4.78, 5) is 16.8. The molecule has 0 radical (unpaired) electrons. The molecule has 0 N–H and O–H groups in total. The van der Waals surface area contributed by atoms with Crippen LogP contribution in [0.15, 0.2) is 12.5 Å². The molecule has 0 aromatic carbocycles. The quantitative estimate of drug-likeness (QED) is 0.676. The van der Waals surface area contributed by atoms with Crippen LogP contribution >= 0.6 is 11.6 Å². The van der Waals surface area contributed by atoms with E-state index >= 15 is 0 Å². The Kier molecular flexibility index (Phi) is 3.31. The van der Waals surface area contributed by atoms with Crippen LogP contribution in [0.4, 0.5) is 0 Å². The second kappa shape index (κ2) is 4.28. The fourth-order valence-corrected chi connectivity index (χ4v) is 1.11. The Bertz CT molecular complexity index is 295. The number of halogens is 1. The molecular weight excluding hydrogens is 190 g/mol. The van der Waals surface area contributed by atoms with Gasteiger partial charge in [-0.25, -0.2) is 4.98 Å². The minimum atomic E-state index is 0.0318. The van der Waals surface area contributed by atoms with Gasteiger partial charge in [0.25, 0.3) is 0 Å². The van der Waals surface area contributed by atoms with Gasteiger partial charge in [-0.05, 0) is 0 Å². The lowest BCUT2D eigenvalue weighted by Gasteiger charge is -2.11. The van der Waals surface area contributed by atoms with E-state index in [0.29, 0.717) is 12.4 Å². The van der Waals surface area contributed by atoms with Gasteiger partial charge in [-0.1, -0.05) is 0 Å². The van der Waals surface area contributed by atoms with Gasteiger partial charge in [-0.2, -0.15) is 0 Å². The molecule has 0 bridgehead atoms. The van der Waals surface area contributed by atoms with Crippen LogP contribution in [0.2, 0.25) is 0 Å². The molecule has 0 aliphatic carbocycles. The summed E-state index contributed by atoms with van der Waals surface area (Å²) in [6.45, 7) is 0.301. The van der Waals surface area contributed by atoms with E-state index in [9.17, 15) is 4.79 Å². The molecule has 1 amide bonds. The fourth-order valence-electron chi connectivity index (χ4n) is 0.889. The average molecular weight is 202 g/mol. The molecule has 0 saturated carbocycles. The number of hydrogen-bond acceptors (Lipinski definition) is 2. The molecule has 5 heteroatoms. The maximum atomic E-state index is 11.3. The van der Waals surface area contributed by atoms with E-state index in [1.54, 1.807) is 31.2 Å². The van der Waals surface area contributed by atoms with E-state index in [0.717, 1.165) is 5.69 Å². The Balaban J connectivity index is 2.68. The summed E-state index contributed by atoms with van der Waals surface area (Å²) in [6.07, 6.45) is 3.27. The Morgan fingerprint density at radius 3 is 2.92 bits per heavy atom. The number of carbonyl (C=O) groups is 1. The highest BCUT2D eigenvalue weighted by molar-refractivity contribution is 6.16. The van der Waals surface area contributed by atoms with Crippen molar-refractivity contribution in [3.05, 3.63) is 18.2 Å². The number of nitrogens with zero attached hydrogens (tertiary/aromatic N) is 3. The van der Waals surface area contributed by atoms with Gasteiger partial charge in [0.2, 0.25) is 5.91 Å². The van der Waals surface area contributed by atoms with Crippen molar-refractivity contribution >= 4 is 17.5 Å². The average Bonchev–Trinajstić information content (AvgIpc) is 2.51. The minimum Gasteiger partial charge on any atom is -0.347 e. The number of amides is 1. The van der Waals surface area contributed by atoms with Crippen molar-refractivity contribution < 1.29 is 4.79 Å². The lowest BCUT2D eigenvalue weighted by molar-refractivity contribution is -0.129. The van der Waals surface area contributed by atoms with E-state index in [-0.39, 0.29) is 5.91 Å². The highest BCUT2D eigenvalue weighted by atomic mass is 35.5. The fraction of sp³-hybridized carbons (Fsp3) is 0.500. The first-order chi connectivity index (χ1) is 6.15. The zero-order valence-electron chi connectivity index (χ0n) is 7.70. The summed E-state index contributed by atoms with van der Waals surface area (Å²) < 4.78 is 1.75. The predicted molar refractivity (Wildman–Crippen MR) is 50.5 cm³/mol. The molecule has 0 atom stereocenters. The van der Waals surface area contributed by atoms with Crippen molar-refractivity contribution in [2.45, 2.75) is 12.4 Å².